The molecular formula is C13H8OS. The fourth-order valence-electron chi connectivity index (χ4n) is 1.93. The number of benzene rings is 2. The molecule has 0 N–H and O–H groups in total. The van der Waals surface area contributed by atoms with Crippen molar-refractivity contribution in [2.24, 2.45) is 0 Å². The van der Waals surface area contributed by atoms with Gasteiger partial charge in [-0.25, -0.2) is 0 Å². The molecule has 0 amide bonds. The Hall–Kier alpha value is -1.67. The number of hydrogen-bond acceptors (Lipinski definition) is 2. The van der Waals surface area contributed by atoms with E-state index in [1.54, 1.807) is 11.3 Å². The van der Waals surface area contributed by atoms with Gasteiger partial charge >= 0.3 is 0 Å². The highest BCUT2D eigenvalue weighted by atomic mass is 32.1. The van der Waals surface area contributed by atoms with E-state index >= 15 is 0 Å². The van der Waals surface area contributed by atoms with Crippen LogP contribution >= 0.6 is 11.3 Å². The van der Waals surface area contributed by atoms with Crippen LogP contribution < -0.4 is 0 Å². The molecule has 0 radical (unpaired) electrons. The Morgan fingerprint density at radius 3 is 2.67 bits per heavy atom. The maximum absolute atomic E-state index is 11.0. The first kappa shape index (κ1) is 8.62. The molecule has 72 valence electrons. The highest BCUT2D eigenvalue weighted by molar-refractivity contribution is 7.18. The van der Waals surface area contributed by atoms with Crippen LogP contribution in [0.15, 0.2) is 41.8 Å². The van der Waals surface area contributed by atoms with E-state index in [-0.39, 0.29) is 0 Å². The molecule has 0 aliphatic rings. The quantitative estimate of drug-likeness (QED) is 0.560. The van der Waals surface area contributed by atoms with Crippen LogP contribution in [0, 0.1) is 0 Å². The summed E-state index contributed by atoms with van der Waals surface area (Å²) in [6.07, 6.45) is 0.930. The molecule has 1 aromatic heterocycles. The molecule has 0 unspecified atom stereocenters. The molecule has 0 fully saturated rings. The summed E-state index contributed by atoms with van der Waals surface area (Å²) in [6.45, 7) is 0. The van der Waals surface area contributed by atoms with Crippen LogP contribution in [0.3, 0.4) is 0 Å². The molecule has 1 nitrogen and oxygen atoms in total. The minimum Gasteiger partial charge on any atom is -0.298 e. The number of rotatable bonds is 1. The van der Waals surface area contributed by atoms with E-state index < -0.39 is 0 Å². The van der Waals surface area contributed by atoms with Gasteiger partial charge in [-0.1, -0.05) is 24.3 Å². The third-order valence-corrected chi connectivity index (χ3v) is 3.58. The monoisotopic (exact) mass is 212 g/mol. The zero-order valence-electron chi connectivity index (χ0n) is 7.94. The molecule has 3 rings (SSSR count). The van der Waals surface area contributed by atoms with Crippen LogP contribution in [0.2, 0.25) is 0 Å². The molecule has 1 heterocycles. The number of fused-ring (bicyclic) bond motifs is 3. The Kier molecular flexibility index (Phi) is 1.82. The van der Waals surface area contributed by atoms with E-state index in [2.05, 4.69) is 17.5 Å². The lowest BCUT2D eigenvalue weighted by molar-refractivity contribution is 0.112. The summed E-state index contributed by atoms with van der Waals surface area (Å²) in [4.78, 5) is 11.0. The lowest BCUT2D eigenvalue weighted by Gasteiger charge is -2.02. The van der Waals surface area contributed by atoms with Crippen LogP contribution in [0.5, 0.6) is 0 Å². The standard InChI is InChI=1S/C13H8OS/c14-8-10-7-9-5-6-15-13(9)12-4-2-1-3-11(10)12/h1-8H. The summed E-state index contributed by atoms with van der Waals surface area (Å²) < 4.78 is 1.26. The van der Waals surface area contributed by atoms with Crippen LogP contribution in [-0.4, -0.2) is 6.29 Å². The van der Waals surface area contributed by atoms with Crippen LogP contribution in [-0.2, 0) is 0 Å². The summed E-state index contributed by atoms with van der Waals surface area (Å²) in [6, 6.07) is 12.1. The predicted octanol–water partition coefficient (Wildman–Crippen LogP) is 3.87. The zero-order valence-corrected chi connectivity index (χ0v) is 8.75. The van der Waals surface area contributed by atoms with Gasteiger partial charge in [-0.2, -0.15) is 0 Å². The molecular weight excluding hydrogens is 204 g/mol. The van der Waals surface area contributed by atoms with E-state index in [1.165, 1.54) is 10.1 Å². The SMILES string of the molecule is O=Cc1cc2ccsc2c2ccccc12. The van der Waals surface area contributed by atoms with Crippen LogP contribution in [0.25, 0.3) is 20.9 Å². The third-order valence-electron chi connectivity index (χ3n) is 2.62. The van der Waals surface area contributed by atoms with E-state index in [0.29, 0.717) is 0 Å². The molecule has 0 aliphatic carbocycles. The maximum Gasteiger partial charge on any atom is 0.150 e. The van der Waals surface area contributed by atoms with Crippen molar-refractivity contribution < 1.29 is 4.79 Å². The van der Waals surface area contributed by atoms with E-state index in [1.807, 2.05) is 24.3 Å². The Bertz CT molecular complexity index is 652. The maximum atomic E-state index is 11.0. The molecule has 3 aromatic rings. The van der Waals surface area contributed by atoms with Gasteiger partial charge in [-0.3, -0.25) is 4.79 Å². The van der Waals surface area contributed by atoms with Crippen molar-refractivity contribution in [3.8, 4) is 0 Å². The molecule has 0 saturated heterocycles. The summed E-state index contributed by atoms with van der Waals surface area (Å²) in [5, 5.41) is 5.43. The predicted molar refractivity (Wildman–Crippen MR) is 64.7 cm³/mol. The molecule has 0 bridgehead atoms. The highest BCUT2D eigenvalue weighted by Gasteiger charge is 2.05. The average Bonchev–Trinajstić information content (AvgIpc) is 2.76. The van der Waals surface area contributed by atoms with Crippen molar-refractivity contribution in [3.63, 3.8) is 0 Å². The zero-order chi connectivity index (χ0) is 10.3. The average molecular weight is 212 g/mol. The van der Waals surface area contributed by atoms with E-state index in [9.17, 15) is 4.79 Å². The van der Waals surface area contributed by atoms with Gasteiger partial charge in [0, 0.05) is 15.6 Å². The Labute approximate surface area is 91.0 Å². The van der Waals surface area contributed by atoms with Gasteiger partial charge in [0.15, 0.2) is 6.29 Å². The summed E-state index contributed by atoms with van der Waals surface area (Å²) in [5.41, 5.74) is 0.775. The smallest absolute Gasteiger partial charge is 0.150 e. The summed E-state index contributed by atoms with van der Waals surface area (Å²) in [7, 11) is 0. The van der Waals surface area contributed by atoms with E-state index in [4.69, 9.17) is 0 Å². The molecule has 2 heteroatoms. The normalized spacial score (nSPS) is 10.9. The Morgan fingerprint density at radius 1 is 1.07 bits per heavy atom. The van der Waals surface area contributed by atoms with E-state index in [0.717, 1.165) is 22.6 Å². The molecule has 2 aromatic carbocycles. The number of aldehydes is 1. The van der Waals surface area contributed by atoms with Crippen molar-refractivity contribution in [2.45, 2.75) is 0 Å². The van der Waals surface area contributed by atoms with Crippen molar-refractivity contribution in [1.29, 1.82) is 0 Å². The molecule has 0 aliphatic heterocycles. The van der Waals surface area contributed by atoms with Gasteiger partial charge in [0.2, 0.25) is 0 Å². The van der Waals surface area contributed by atoms with Gasteiger partial charge in [0.05, 0.1) is 0 Å². The minimum atomic E-state index is 0.775. The van der Waals surface area contributed by atoms with Gasteiger partial charge in [-0.05, 0) is 28.3 Å². The topological polar surface area (TPSA) is 17.1 Å². The molecule has 15 heavy (non-hydrogen) atoms. The number of carbonyl (C=O) groups is 1. The number of carbonyl (C=O) groups excluding carboxylic acids is 1. The highest BCUT2D eigenvalue weighted by Crippen LogP contribution is 2.31. The molecule has 0 spiro atoms. The van der Waals surface area contributed by atoms with Crippen molar-refractivity contribution >= 4 is 38.5 Å². The first-order valence-electron chi connectivity index (χ1n) is 4.74. The minimum absolute atomic E-state index is 0.775. The fraction of sp³-hybridized carbons (Fsp3) is 0. The van der Waals surface area contributed by atoms with Gasteiger partial charge in [-0.15, -0.1) is 11.3 Å². The third kappa shape index (κ3) is 1.18. The number of hydrogen-bond donors (Lipinski definition) is 0. The Morgan fingerprint density at radius 2 is 1.87 bits per heavy atom. The van der Waals surface area contributed by atoms with Crippen LogP contribution in [0.1, 0.15) is 10.4 Å². The first-order chi connectivity index (χ1) is 7.40. The fourth-order valence-corrected chi connectivity index (χ4v) is 2.85. The second-order valence-corrected chi connectivity index (χ2v) is 4.38. The van der Waals surface area contributed by atoms with Crippen LogP contribution in [0.4, 0.5) is 0 Å². The van der Waals surface area contributed by atoms with Crippen molar-refractivity contribution in [3.05, 3.63) is 47.3 Å². The summed E-state index contributed by atoms with van der Waals surface area (Å²) >= 11 is 1.72. The lowest BCUT2D eigenvalue weighted by Crippen LogP contribution is -1.83. The van der Waals surface area contributed by atoms with Crippen molar-refractivity contribution in [1.82, 2.24) is 0 Å². The molecule has 0 saturated carbocycles. The first-order valence-corrected chi connectivity index (χ1v) is 5.62. The molecule has 0 atom stereocenters. The lowest BCUT2D eigenvalue weighted by atomic mass is 10.0. The second kappa shape index (κ2) is 3.17. The van der Waals surface area contributed by atoms with Crippen molar-refractivity contribution in [2.75, 3.05) is 0 Å². The largest absolute Gasteiger partial charge is 0.298 e. The second-order valence-electron chi connectivity index (χ2n) is 3.47. The summed E-state index contributed by atoms with van der Waals surface area (Å²) in [5.74, 6) is 0. The van der Waals surface area contributed by atoms with Gasteiger partial charge in [0.25, 0.3) is 0 Å². The number of thiophene rings is 1. The van der Waals surface area contributed by atoms with Gasteiger partial charge in [0.1, 0.15) is 0 Å². The Balaban J connectivity index is 2.64. The van der Waals surface area contributed by atoms with Gasteiger partial charge < -0.3 is 0 Å².